The molecule has 1 heterocycles. The summed E-state index contributed by atoms with van der Waals surface area (Å²) in [5.74, 6) is 0. The van der Waals surface area contributed by atoms with Gasteiger partial charge < -0.3 is 15.1 Å². The number of nitrogens with one attached hydrogen (secondary N) is 1. The van der Waals surface area contributed by atoms with Crippen molar-refractivity contribution in [2.24, 2.45) is 0 Å². The summed E-state index contributed by atoms with van der Waals surface area (Å²) in [5.41, 5.74) is 1.14. The lowest BCUT2D eigenvalue weighted by Crippen LogP contribution is -2.30. The van der Waals surface area contributed by atoms with Crippen LogP contribution in [0.2, 0.25) is 0 Å². The number of anilines is 1. The van der Waals surface area contributed by atoms with Crippen LogP contribution >= 0.6 is 11.3 Å². The van der Waals surface area contributed by atoms with Crippen molar-refractivity contribution >= 4 is 16.5 Å². The standard InChI is InChI=1S/C14H28N4S/c1-5-17(6-2)9-8-10-18(7-3)14-16-13(11-15-4)12-19-14/h12,15H,5-11H2,1-4H3. The van der Waals surface area contributed by atoms with E-state index >= 15 is 0 Å². The van der Waals surface area contributed by atoms with E-state index in [0.717, 1.165) is 43.5 Å². The molecule has 0 saturated carbocycles. The van der Waals surface area contributed by atoms with Crippen LogP contribution in [0.5, 0.6) is 0 Å². The highest BCUT2D eigenvalue weighted by Crippen LogP contribution is 2.20. The molecular weight excluding hydrogens is 256 g/mol. The lowest BCUT2D eigenvalue weighted by Gasteiger charge is -2.23. The molecule has 0 saturated heterocycles. The van der Waals surface area contributed by atoms with Gasteiger partial charge in [0.15, 0.2) is 5.13 Å². The van der Waals surface area contributed by atoms with Crippen molar-refractivity contribution in [2.45, 2.75) is 33.7 Å². The van der Waals surface area contributed by atoms with Crippen LogP contribution in [0.1, 0.15) is 32.9 Å². The van der Waals surface area contributed by atoms with Crippen molar-refractivity contribution in [3.63, 3.8) is 0 Å². The van der Waals surface area contributed by atoms with Gasteiger partial charge in [0, 0.05) is 25.0 Å². The van der Waals surface area contributed by atoms with Gasteiger partial charge in [-0.05, 0) is 40.0 Å². The molecule has 1 aromatic heterocycles. The molecule has 1 aromatic rings. The molecule has 1 rings (SSSR count). The molecule has 4 nitrogen and oxygen atoms in total. The van der Waals surface area contributed by atoms with Crippen LogP contribution in [0.4, 0.5) is 5.13 Å². The summed E-state index contributed by atoms with van der Waals surface area (Å²) >= 11 is 1.75. The van der Waals surface area contributed by atoms with E-state index in [9.17, 15) is 0 Å². The van der Waals surface area contributed by atoms with Crippen molar-refractivity contribution < 1.29 is 0 Å². The Bertz CT molecular complexity index is 336. The maximum atomic E-state index is 4.68. The summed E-state index contributed by atoms with van der Waals surface area (Å²) in [4.78, 5) is 9.53. The van der Waals surface area contributed by atoms with Gasteiger partial charge >= 0.3 is 0 Å². The topological polar surface area (TPSA) is 31.4 Å². The van der Waals surface area contributed by atoms with Crippen molar-refractivity contribution in [1.29, 1.82) is 0 Å². The van der Waals surface area contributed by atoms with Crippen LogP contribution < -0.4 is 10.2 Å². The largest absolute Gasteiger partial charge is 0.348 e. The first-order chi connectivity index (χ1) is 9.24. The minimum absolute atomic E-state index is 0.855. The van der Waals surface area contributed by atoms with Crippen LogP contribution in [0.3, 0.4) is 0 Å². The lowest BCUT2D eigenvalue weighted by atomic mass is 10.3. The van der Waals surface area contributed by atoms with E-state index in [1.165, 1.54) is 13.0 Å². The van der Waals surface area contributed by atoms with Crippen molar-refractivity contribution in [1.82, 2.24) is 15.2 Å². The second kappa shape index (κ2) is 9.28. The normalized spacial score (nSPS) is 11.2. The molecule has 0 radical (unpaired) electrons. The van der Waals surface area contributed by atoms with Gasteiger partial charge in [0.1, 0.15) is 0 Å². The van der Waals surface area contributed by atoms with E-state index < -0.39 is 0 Å². The fourth-order valence-electron chi connectivity index (χ4n) is 2.12. The third kappa shape index (κ3) is 5.47. The summed E-state index contributed by atoms with van der Waals surface area (Å²) in [6.07, 6.45) is 1.20. The fraction of sp³-hybridized carbons (Fsp3) is 0.786. The Hall–Kier alpha value is -0.650. The van der Waals surface area contributed by atoms with Gasteiger partial charge in [-0.25, -0.2) is 4.98 Å². The van der Waals surface area contributed by atoms with Gasteiger partial charge in [0.2, 0.25) is 0 Å². The Kier molecular flexibility index (Phi) is 8.02. The Labute approximate surface area is 121 Å². The van der Waals surface area contributed by atoms with Crippen LogP contribution in [0.25, 0.3) is 0 Å². The zero-order chi connectivity index (χ0) is 14.1. The minimum Gasteiger partial charge on any atom is -0.348 e. The smallest absolute Gasteiger partial charge is 0.185 e. The summed E-state index contributed by atoms with van der Waals surface area (Å²) in [6.45, 7) is 13.1. The Morgan fingerprint density at radius 2 is 1.89 bits per heavy atom. The van der Waals surface area contributed by atoms with E-state index in [1.54, 1.807) is 11.3 Å². The molecule has 5 heteroatoms. The quantitative estimate of drug-likeness (QED) is 0.715. The molecule has 1 N–H and O–H groups in total. The summed E-state index contributed by atoms with van der Waals surface area (Å²) in [6, 6.07) is 0. The maximum absolute atomic E-state index is 4.68. The summed E-state index contributed by atoms with van der Waals surface area (Å²) in [5, 5.41) is 6.46. The highest BCUT2D eigenvalue weighted by molar-refractivity contribution is 7.13. The molecule has 0 aromatic carbocycles. The number of rotatable bonds is 10. The monoisotopic (exact) mass is 284 g/mol. The van der Waals surface area contributed by atoms with Crippen LogP contribution in [-0.2, 0) is 6.54 Å². The third-order valence-corrected chi connectivity index (χ3v) is 4.30. The maximum Gasteiger partial charge on any atom is 0.185 e. The Morgan fingerprint density at radius 3 is 2.47 bits per heavy atom. The van der Waals surface area contributed by atoms with Crippen molar-refractivity contribution in [3.05, 3.63) is 11.1 Å². The van der Waals surface area contributed by atoms with Gasteiger partial charge in [-0.3, -0.25) is 0 Å². The molecule has 0 bridgehead atoms. The van der Waals surface area contributed by atoms with E-state index in [0.29, 0.717) is 0 Å². The fourth-order valence-corrected chi connectivity index (χ4v) is 3.03. The average molecular weight is 284 g/mol. The van der Waals surface area contributed by atoms with Gasteiger partial charge in [0.25, 0.3) is 0 Å². The minimum atomic E-state index is 0.855. The van der Waals surface area contributed by atoms with Gasteiger partial charge in [-0.2, -0.15) is 0 Å². The molecule has 0 aliphatic heterocycles. The van der Waals surface area contributed by atoms with E-state index in [1.807, 2.05) is 7.05 Å². The first kappa shape index (κ1) is 16.4. The molecule has 0 amide bonds. The number of hydrogen-bond donors (Lipinski definition) is 1. The molecular formula is C14H28N4S. The van der Waals surface area contributed by atoms with E-state index in [2.05, 4.69) is 46.3 Å². The predicted molar refractivity (Wildman–Crippen MR) is 85.2 cm³/mol. The molecule has 0 fully saturated rings. The van der Waals surface area contributed by atoms with Crippen LogP contribution in [0, 0.1) is 0 Å². The first-order valence-corrected chi connectivity index (χ1v) is 8.19. The molecule has 0 unspecified atom stereocenters. The molecule has 110 valence electrons. The molecule has 19 heavy (non-hydrogen) atoms. The highest BCUT2D eigenvalue weighted by atomic mass is 32.1. The summed E-state index contributed by atoms with van der Waals surface area (Å²) in [7, 11) is 1.96. The Morgan fingerprint density at radius 1 is 1.16 bits per heavy atom. The van der Waals surface area contributed by atoms with E-state index in [4.69, 9.17) is 0 Å². The van der Waals surface area contributed by atoms with E-state index in [-0.39, 0.29) is 0 Å². The van der Waals surface area contributed by atoms with Gasteiger partial charge in [0.05, 0.1) is 5.69 Å². The second-order valence-electron chi connectivity index (χ2n) is 4.61. The second-order valence-corrected chi connectivity index (χ2v) is 5.45. The number of nitrogens with zero attached hydrogens (tertiary/aromatic N) is 3. The summed E-state index contributed by atoms with van der Waals surface area (Å²) < 4.78 is 0. The molecule has 0 atom stereocenters. The zero-order valence-corrected chi connectivity index (χ0v) is 13.6. The van der Waals surface area contributed by atoms with Crippen molar-refractivity contribution in [3.8, 4) is 0 Å². The lowest BCUT2D eigenvalue weighted by molar-refractivity contribution is 0.300. The number of aromatic nitrogens is 1. The van der Waals surface area contributed by atoms with Gasteiger partial charge in [-0.1, -0.05) is 13.8 Å². The number of thiazole rings is 1. The SMILES string of the molecule is CCN(CC)CCCN(CC)c1nc(CNC)cs1. The predicted octanol–water partition coefficient (Wildman–Crippen LogP) is 2.42. The van der Waals surface area contributed by atoms with Crippen molar-refractivity contribution in [2.75, 3.05) is 44.7 Å². The average Bonchev–Trinajstić information content (AvgIpc) is 2.88. The first-order valence-electron chi connectivity index (χ1n) is 7.31. The molecule has 0 aliphatic rings. The zero-order valence-electron chi connectivity index (χ0n) is 12.8. The van der Waals surface area contributed by atoms with Crippen LogP contribution in [0.15, 0.2) is 5.38 Å². The third-order valence-electron chi connectivity index (χ3n) is 3.35. The molecule has 0 spiro atoms. The Balaban J connectivity index is 2.43. The van der Waals surface area contributed by atoms with Gasteiger partial charge in [-0.15, -0.1) is 11.3 Å². The molecule has 0 aliphatic carbocycles. The highest BCUT2D eigenvalue weighted by Gasteiger charge is 2.09. The van der Waals surface area contributed by atoms with Crippen LogP contribution in [-0.4, -0.2) is 49.7 Å². The number of hydrogen-bond acceptors (Lipinski definition) is 5.